The summed E-state index contributed by atoms with van der Waals surface area (Å²) in [5.74, 6) is 1.34. The van der Waals surface area contributed by atoms with Crippen molar-refractivity contribution in [2.45, 2.75) is 46.0 Å². The minimum Gasteiger partial charge on any atom is -0.394 e. The van der Waals surface area contributed by atoms with Crippen molar-refractivity contribution in [3.63, 3.8) is 0 Å². The summed E-state index contributed by atoms with van der Waals surface area (Å²) in [7, 11) is 2.00. The molecule has 0 heterocycles. The quantitative estimate of drug-likeness (QED) is 0.790. The average Bonchev–Trinajstić information content (AvgIpc) is 2.46. The molecule has 0 bridgehead atoms. The molecule has 1 aliphatic carbocycles. The van der Waals surface area contributed by atoms with Gasteiger partial charge in [0, 0.05) is 13.0 Å². The number of benzene rings is 1. The Bertz CT molecular complexity index is 495. The Morgan fingerprint density at radius 1 is 1.19 bits per heavy atom. The Morgan fingerprint density at radius 3 is 2.57 bits per heavy atom. The normalized spacial score (nSPS) is 25.2. The summed E-state index contributed by atoms with van der Waals surface area (Å²) in [5, 5.41) is 3.24. The topological polar surface area (TPSA) is 12.0 Å². The molecule has 2 unspecified atom stereocenters. The standard InChI is InChI=1S/C20H29N/c1-15-6-5-7-20(19(13-10-15)14-21-4)17(3)18-11-8-16(2)9-12-18/h8-9,11-12,14-15,20-21H,3,5-7,10,13H2,1-2,4H3/b19-14-. The molecule has 0 saturated heterocycles. The lowest BCUT2D eigenvalue weighted by Gasteiger charge is -2.27. The van der Waals surface area contributed by atoms with Crippen molar-refractivity contribution in [3.05, 3.63) is 53.7 Å². The first-order valence-corrected chi connectivity index (χ1v) is 8.24. The molecule has 1 fully saturated rings. The largest absolute Gasteiger partial charge is 0.394 e. The Morgan fingerprint density at radius 2 is 1.90 bits per heavy atom. The minimum atomic E-state index is 0.493. The molecule has 1 heteroatoms. The van der Waals surface area contributed by atoms with Gasteiger partial charge >= 0.3 is 0 Å². The fourth-order valence-electron chi connectivity index (χ4n) is 3.31. The smallest absolute Gasteiger partial charge is 0.00654 e. The maximum atomic E-state index is 4.43. The molecule has 0 aliphatic heterocycles. The van der Waals surface area contributed by atoms with Crippen molar-refractivity contribution in [2.24, 2.45) is 11.8 Å². The van der Waals surface area contributed by atoms with Crippen molar-refractivity contribution in [2.75, 3.05) is 7.05 Å². The fourth-order valence-corrected chi connectivity index (χ4v) is 3.31. The van der Waals surface area contributed by atoms with Gasteiger partial charge < -0.3 is 5.32 Å². The van der Waals surface area contributed by atoms with Crippen LogP contribution in [0.25, 0.3) is 5.57 Å². The van der Waals surface area contributed by atoms with E-state index in [9.17, 15) is 0 Å². The van der Waals surface area contributed by atoms with E-state index in [1.807, 2.05) is 7.05 Å². The Hall–Kier alpha value is -1.50. The number of hydrogen-bond acceptors (Lipinski definition) is 1. The number of hydrogen-bond donors (Lipinski definition) is 1. The summed E-state index contributed by atoms with van der Waals surface area (Å²) in [6.45, 7) is 8.95. The molecular formula is C20H29N. The highest BCUT2D eigenvalue weighted by Crippen LogP contribution is 2.37. The molecule has 1 N–H and O–H groups in total. The molecule has 0 aromatic heterocycles. The Labute approximate surface area is 130 Å². The second-order valence-electron chi connectivity index (χ2n) is 6.53. The summed E-state index contributed by atoms with van der Waals surface area (Å²) in [5.41, 5.74) is 5.41. The molecule has 114 valence electrons. The van der Waals surface area contributed by atoms with Gasteiger partial charge in [0.2, 0.25) is 0 Å². The van der Waals surface area contributed by atoms with E-state index in [1.165, 1.54) is 54.4 Å². The van der Waals surface area contributed by atoms with Crippen LogP contribution in [0.5, 0.6) is 0 Å². The van der Waals surface area contributed by atoms with Crippen LogP contribution in [0.15, 0.2) is 42.6 Å². The van der Waals surface area contributed by atoms with E-state index in [4.69, 9.17) is 0 Å². The monoisotopic (exact) mass is 283 g/mol. The van der Waals surface area contributed by atoms with Gasteiger partial charge in [-0.3, -0.25) is 0 Å². The van der Waals surface area contributed by atoms with Crippen LogP contribution in [-0.4, -0.2) is 7.05 Å². The minimum absolute atomic E-state index is 0.493. The molecule has 21 heavy (non-hydrogen) atoms. The van der Waals surface area contributed by atoms with Crippen molar-refractivity contribution < 1.29 is 0 Å². The van der Waals surface area contributed by atoms with Gasteiger partial charge in [-0.15, -0.1) is 0 Å². The van der Waals surface area contributed by atoms with Crippen molar-refractivity contribution in [1.82, 2.24) is 5.32 Å². The van der Waals surface area contributed by atoms with E-state index in [2.05, 4.69) is 56.2 Å². The fraction of sp³-hybridized carbons (Fsp3) is 0.500. The summed E-state index contributed by atoms with van der Waals surface area (Å²) >= 11 is 0. The second-order valence-corrected chi connectivity index (χ2v) is 6.53. The van der Waals surface area contributed by atoms with Crippen LogP contribution < -0.4 is 5.32 Å². The van der Waals surface area contributed by atoms with Crippen molar-refractivity contribution >= 4 is 5.57 Å². The highest BCUT2D eigenvalue weighted by Gasteiger charge is 2.22. The Balaban J connectivity index is 2.22. The maximum Gasteiger partial charge on any atom is 0.00654 e. The number of allylic oxidation sites excluding steroid dienone is 2. The van der Waals surface area contributed by atoms with Crippen LogP contribution in [-0.2, 0) is 0 Å². The predicted octanol–water partition coefficient (Wildman–Crippen LogP) is 5.33. The lowest BCUT2D eigenvalue weighted by Crippen LogP contribution is -2.14. The first kappa shape index (κ1) is 15.9. The van der Waals surface area contributed by atoms with Gasteiger partial charge in [0.1, 0.15) is 0 Å². The van der Waals surface area contributed by atoms with Crippen LogP contribution >= 0.6 is 0 Å². The van der Waals surface area contributed by atoms with Gasteiger partial charge in [-0.25, -0.2) is 0 Å². The molecular weight excluding hydrogens is 254 g/mol. The van der Waals surface area contributed by atoms with Crippen LogP contribution in [0.4, 0.5) is 0 Å². The first-order chi connectivity index (χ1) is 10.1. The highest BCUT2D eigenvalue weighted by atomic mass is 14.8. The number of aryl methyl sites for hydroxylation is 1. The van der Waals surface area contributed by atoms with Crippen LogP contribution in [0, 0.1) is 18.8 Å². The van der Waals surface area contributed by atoms with Gasteiger partial charge in [0.15, 0.2) is 0 Å². The molecule has 0 radical (unpaired) electrons. The van der Waals surface area contributed by atoms with Crippen molar-refractivity contribution in [1.29, 1.82) is 0 Å². The maximum absolute atomic E-state index is 4.43. The Kier molecular flexibility index (Phi) is 5.67. The van der Waals surface area contributed by atoms with E-state index < -0.39 is 0 Å². The van der Waals surface area contributed by atoms with Gasteiger partial charge in [-0.05, 0) is 55.0 Å². The SMILES string of the molecule is C=C(c1ccc(C)cc1)C1CCCC(C)CC/C1=C/NC. The molecule has 1 nitrogen and oxygen atoms in total. The van der Waals surface area contributed by atoms with Gasteiger partial charge in [0.25, 0.3) is 0 Å². The molecule has 1 aromatic rings. The lowest BCUT2D eigenvalue weighted by molar-refractivity contribution is 0.418. The molecule has 2 atom stereocenters. The van der Waals surface area contributed by atoms with Crippen LogP contribution in [0.2, 0.25) is 0 Å². The molecule has 0 spiro atoms. The van der Waals surface area contributed by atoms with Gasteiger partial charge in [-0.2, -0.15) is 0 Å². The third kappa shape index (κ3) is 4.23. The molecule has 0 amide bonds. The van der Waals surface area contributed by atoms with E-state index in [-0.39, 0.29) is 0 Å². The molecule has 1 aliphatic rings. The summed E-state index contributed by atoms with van der Waals surface area (Å²) in [6, 6.07) is 8.81. The zero-order chi connectivity index (χ0) is 15.2. The second kappa shape index (κ2) is 7.49. The van der Waals surface area contributed by atoms with Crippen LogP contribution in [0.1, 0.15) is 50.2 Å². The average molecular weight is 283 g/mol. The number of nitrogens with one attached hydrogen (secondary N) is 1. The van der Waals surface area contributed by atoms with E-state index >= 15 is 0 Å². The lowest BCUT2D eigenvalue weighted by atomic mass is 9.78. The third-order valence-corrected chi connectivity index (χ3v) is 4.74. The van der Waals surface area contributed by atoms with Crippen molar-refractivity contribution in [3.8, 4) is 0 Å². The number of rotatable bonds is 3. The zero-order valence-corrected chi connectivity index (χ0v) is 13.8. The van der Waals surface area contributed by atoms with E-state index in [1.54, 1.807) is 0 Å². The molecule has 2 rings (SSSR count). The van der Waals surface area contributed by atoms with Crippen LogP contribution in [0.3, 0.4) is 0 Å². The first-order valence-electron chi connectivity index (χ1n) is 8.24. The summed E-state index contributed by atoms with van der Waals surface area (Å²) in [4.78, 5) is 0. The molecule has 1 saturated carbocycles. The van der Waals surface area contributed by atoms with Gasteiger partial charge in [-0.1, -0.05) is 56.2 Å². The molecule has 1 aromatic carbocycles. The third-order valence-electron chi connectivity index (χ3n) is 4.74. The van der Waals surface area contributed by atoms with E-state index in [0.717, 1.165) is 5.92 Å². The van der Waals surface area contributed by atoms with E-state index in [0.29, 0.717) is 5.92 Å². The zero-order valence-electron chi connectivity index (χ0n) is 13.8. The predicted molar refractivity (Wildman–Crippen MR) is 93.1 cm³/mol. The highest BCUT2D eigenvalue weighted by molar-refractivity contribution is 5.68. The summed E-state index contributed by atoms with van der Waals surface area (Å²) < 4.78 is 0. The summed E-state index contributed by atoms with van der Waals surface area (Å²) in [6.07, 6.45) is 8.58. The van der Waals surface area contributed by atoms with Gasteiger partial charge in [0.05, 0.1) is 0 Å².